The topological polar surface area (TPSA) is 86.5 Å². The highest BCUT2D eigenvalue weighted by atomic mass is 19.1. The number of nitrogens with zero attached hydrogens (tertiary/aromatic N) is 4. The molecule has 0 saturated carbocycles. The zero-order chi connectivity index (χ0) is 27.2. The summed E-state index contributed by atoms with van der Waals surface area (Å²) in [7, 11) is 1.63. The molecule has 0 bridgehead atoms. The number of rotatable bonds is 10. The summed E-state index contributed by atoms with van der Waals surface area (Å²) in [6.45, 7) is 0.524. The number of halogens is 1. The Hall–Kier alpha value is -4.53. The average molecular weight is 529 g/mol. The van der Waals surface area contributed by atoms with Crippen molar-refractivity contribution >= 4 is 11.7 Å². The first-order valence-electron chi connectivity index (χ1n) is 12.8. The summed E-state index contributed by atoms with van der Waals surface area (Å²) < 4.78 is 25.7. The van der Waals surface area contributed by atoms with E-state index in [-0.39, 0.29) is 36.4 Å². The second kappa shape index (κ2) is 11.9. The molecule has 1 aromatic heterocycles. The zero-order valence-corrected chi connectivity index (χ0v) is 21.6. The van der Waals surface area contributed by atoms with Crippen LogP contribution in [0, 0.1) is 11.7 Å². The second-order valence-electron chi connectivity index (χ2n) is 9.66. The minimum absolute atomic E-state index is 0.0118. The SMILES string of the molecule is COc1cccc(C[C@@H]2C[C@@H](C(=O)Cc3ccc(Oc4ccc(F)cc4)cc3)N(C(=O)Cn3cncn3)C2)c1. The number of likely N-dealkylation sites (tertiary alicyclic amines) is 1. The van der Waals surface area contributed by atoms with Crippen LogP contribution in [-0.4, -0.2) is 51.1 Å². The molecule has 1 amide bonds. The van der Waals surface area contributed by atoms with Gasteiger partial charge in [-0.3, -0.25) is 9.59 Å². The highest BCUT2D eigenvalue weighted by molar-refractivity contribution is 5.91. The van der Waals surface area contributed by atoms with Crippen molar-refractivity contribution in [2.75, 3.05) is 13.7 Å². The van der Waals surface area contributed by atoms with Gasteiger partial charge in [0.05, 0.1) is 13.2 Å². The number of hydrogen-bond donors (Lipinski definition) is 0. The molecule has 8 nitrogen and oxygen atoms in total. The molecule has 4 aromatic rings. The van der Waals surface area contributed by atoms with E-state index in [1.165, 1.54) is 29.5 Å². The number of ketones is 1. The molecule has 0 spiro atoms. The quantitative estimate of drug-likeness (QED) is 0.302. The molecule has 0 aliphatic carbocycles. The zero-order valence-electron chi connectivity index (χ0n) is 21.6. The van der Waals surface area contributed by atoms with Crippen LogP contribution in [0.4, 0.5) is 4.39 Å². The van der Waals surface area contributed by atoms with E-state index in [4.69, 9.17) is 9.47 Å². The van der Waals surface area contributed by atoms with Crippen LogP contribution in [-0.2, 0) is 29.0 Å². The van der Waals surface area contributed by atoms with Gasteiger partial charge in [0.2, 0.25) is 5.91 Å². The van der Waals surface area contributed by atoms with Crippen molar-refractivity contribution in [3.8, 4) is 17.2 Å². The highest BCUT2D eigenvalue weighted by Gasteiger charge is 2.39. The Kier molecular flexibility index (Phi) is 7.96. The molecule has 0 radical (unpaired) electrons. The number of methoxy groups -OCH3 is 1. The van der Waals surface area contributed by atoms with E-state index >= 15 is 0 Å². The molecular weight excluding hydrogens is 499 g/mol. The Morgan fingerprint density at radius 3 is 2.41 bits per heavy atom. The van der Waals surface area contributed by atoms with E-state index in [0.717, 1.165) is 23.3 Å². The molecule has 2 heterocycles. The van der Waals surface area contributed by atoms with Crippen LogP contribution in [0.5, 0.6) is 17.2 Å². The number of amides is 1. The summed E-state index contributed by atoms with van der Waals surface area (Å²) in [6, 6.07) is 20.4. The normalized spacial score (nSPS) is 16.7. The third-order valence-corrected chi connectivity index (χ3v) is 6.85. The van der Waals surface area contributed by atoms with Gasteiger partial charge in [-0.15, -0.1) is 0 Å². The van der Waals surface area contributed by atoms with Crippen molar-refractivity contribution in [2.45, 2.75) is 31.8 Å². The summed E-state index contributed by atoms with van der Waals surface area (Å²) in [5, 5.41) is 4.04. The Bertz CT molecular complexity index is 1410. The fourth-order valence-corrected chi connectivity index (χ4v) is 4.96. The van der Waals surface area contributed by atoms with E-state index in [2.05, 4.69) is 10.1 Å². The van der Waals surface area contributed by atoms with Gasteiger partial charge < -0.3 is 14.4 Å². The molecule has 1 aliphatic heterocycles. The second-order valence-corrected chi connectivity index (χ2v) is 9.66. The third-order valence-electron chi connectivity index (χ3n) is 6.85. The predicted octanol–water partition coefficient (Wildman–Crippen LogP) is 4.49. The van der Waals surface area contributed by atoms with Crippen LogP contribution in [0.3, 0.4) is 0 Å². The van der Waals surface area contributed by atoms with E-state index in [0.29, 0.717) is 24.5 Å². The van der Waals surface area contributed by atoms with Crippen LogP contribution in [0.25, 0.3) is 0 Å². The lowest BCUT2D eigenvalue weighted by Gasteiger charge is -2.23. The summed E-state index contributed by atoms with van der Waals surface area (Å²) in [6.07, 6.45) is 4.40. The number of hydrogen-bond acceptors (Lipinski definition) is 6. The molecule has 1 aliphatic rings. The number of ether oxygens (including phenoxy) is 2. The lowest BCUT2D eigenvalue weighted by Crippen LogP contribution is -2.42. The average Bonchev–Trinajstić information content (AvgIpc) is 3.61. The molecule has 3 aromatic carbocycles. The van der Waals surface area contributed by atoms with Crippen LogP contribution in [0.15, 0.2) is 85.5 Å². The van der Waals surface area contributed by atoms with Crippen molar-refractivity contribution in [1.29, 1.82) is 0 Å². The van der Waals surface area contributed by atoms with Crippen molar-refractivity contribution in [1.82, 2.24) is 19.7 Å². The summed E-state index contributed by atoms with van der Waals surface area (Å²) in [4.78, 5) is 32.4. The van der Waals surface area contributed by atoms with Gasteiger partial charge >= 0.3 is 0 Å². The Balaban J connectivity index is 1.27. The number of Topliss-reactive ketones (excluding diaryl/α,β-unsaturated/α-hetero) is 1. The van der Waals surface area contributed by atoms with Gasteiger partial charge in [0.15, 0.2) is 5.78 Å². The first-order valence-corrected chi connectivity index (χ1v) is 12.8. The van der Waals surface area contributed by atoms with Gasteiger partial charge in [0.1, 0.15) is 42.3 Å². The fourth-order valence-electron chi connectivity index (χ4n) is 4.96. The minimum Gasteiger partial charge on any atom is -0.497 e. The summed E-state index contributed by atoms with van der Waals surface area (Å²) in [5.74, 6) is 1.53. The molecule has 0 unspecified atom stereocenters. The van der Waals surface area contributed by atoms with E-state index in [1.807, 2.05) is 36.4 Å². The van der Waals surface area contributed by atoms with E-state index in [9.17, 15) is 14.0 Å². The predicted molar refractivity (Wildman–Crippen MR) is 142 cm³/mol. The van der Waals surface area contributed by atoms with Crippen LogP contribution in [0.1, 0.15) is 17.5 Å². The van der Waals surface area contributed by atoms with Gasteiger partial charge in [-0.05, 0) is 78.4 Å². The van der Waals surface area contributed by atoms with E-state index in [1.54, 1.807) is 36.3 Å². The first-order chi connectivity index (χ1) is 19.0. The lowest BCUT2D eigenvalue weighted by atomic mass is 9.94. The highest BCUT2D eigenvalue weighted by Crippen LogP contribution is 2.30. The molecule has 9 heteroatoms. The number of carbonyl (C=O) groups excluding carboxylic acids is 2. The Morgan fingerprint density at radius 2 is 1.72 bits per heavy atom. The summed E-state index contributed by atoms with van der Waals surface area (Å²) in [5.41, 5.74) is 1.93. The molecule has 200 valence electrons. The van der Waals surface area contributed by atoms with Gasteiger partial charge in [-0.2, -0.15) is 5.10 Å². The molecular formula is C30H29FN4O4. The van der Waals surface area contributed by atoms with Gasteiger partial charge in [-0.1, -0.05) is 24.3 Å². The van der Waals surface area contributed by atoms with Crippen molar-refractivity contribution in [3.63, 3.8) is 0 Å². The van der Waals surface area contributed by atoms with Gasteiger partial charge in [-0.25, -0.2) is 14.1 Å². The molecule has 1 saturated heterocycles. The lowest BCUT2D eigenvalue weighted by molar-refractivity contribution is -0.138. The molecule has 39 heavy (non-hydrogen) atoms. The Labute approximate surface area is 226 Å². The maximum absolute atomic E-state index is 13.5. The maximum Gasteiger partial charge on any atom is 0.244 e. The Morgan fingerprint density at radius 1 is 0.974 bits per heavy atom. The van der Waals surface area contributed by atoms with Crippen molar-refractivity contribution in [3.05, 3.63) is 102 Å². The number of aromatic nitrogens is 3. The van der Waals surface area contributed by atoms with Crippen LogP contribution >= 0.6 is 0 Å². The number of benzene rings is 3. The van der Waals surface area contributed by atoms with Gasteiger partial charge in [0, 0.05) is 13.0 Å². The molecule has 1 fully saturated rings. The smallest absolute Gasteiger partial charge is 0.244 e. The molecule has 5 rings (SSSR count). The fraction of sp³-hybridized carbons (Fsp3) is 0.267. The standard InChI is InChI=1S/C30H29FN4O4/c1-38-27-4-2-3-22(14-27)13-23-15-28(35(17-23)30(37)18-34-20-32-19-33-34)29(36)16-21-5-9-25(10-6-21)39-26-11-7-24(31)8-12-26/h2-12,14,19-20,23,28H,13,15-18H2,1H3/t23-,28+/m1/s1. The minimum atomic E-state index is -0.522. The monoisotopic (exact) mass is 528 g/mol. The number of carbonyl (C=O) groups is 2. The van der Waals surface area contributed by atoms with Crippen molar-refractivity contribution < 1.29 is 23.5 Å². The third kappa shape index (κ3) is 6.67. The van der Waals surface area contributed by atoms with E-state index < -0.39 is 6.04 Å². The largest absolute Gasteiger partial charge is 0.497 e. The van der Waals surface area contributed by atoms with Gasteiger partial charge in [0.25, 0.3) is 0 Å². The molecule has 2 atom stereocenters. The van der Waals surface area contributed by atoms with Crippen LogP contribution < -0.4 is 9.47 Å². The molecule has 0 N–H and O–H groups in total. The first kappa shape index (κ1) is 26.1. The maximum atomic E-state index is 13.5. The van der Waals surface area contributed by atoms with Crippen molar-refractivity contribution in [2.24, 2.45) is 5.92 Å². The van der Waals surface area contributed by atoms with Crippen LogP contribution in [0.2, 0.25) is 0 Å². The summed E-state index contributed by atoms with van der Waals surface area (Å²) >= 11 is 0.